The molecule has 1 fully saturated rings. The van der Waals surface area contributed by atoms with Gasteiger partial charge in [-0.2, -0.15) is 0 Å². The van der Waals surface area contributed by atoms with Gasteiger partial charge in [-0.05, 0) is 36.5 Å². The molecular weight excluding hydrogens is 330 g/mol. The Balaban J connectivity index is 1.41. The number of carbonyl (C=O) groups is 1. The van der Waals surface area contributed by atoms with E-state index in [1.54, 1.807) is 12.5 Å². The zero-order valence-corrected chi connectivity index (χ0v) is 13.3. The van der Waals surface area contributed by atoms with E-state index in [-0.39, 0.29) is 11.8 Å². The van der Waals surface area contributed by atoms with Crippen molar-refractivity contribution in [1.82, 2.24) is 14.9 Å². The zero-order chi connectivity index (χ0) is 14.7. The summed E-state index contributed by atoms with van der Waals surface area (Å²) in [4.78, 5) is 16.1. The molecule has 1 amide bonds. The van der Waals surface area contributed by atoms with E-state index in [4.69, 9.17) is 0 Å². The predicted molar refractivity (Wildman–Crippen MR) is 84.8 cm³/mol. The summed E-state index contributed by atoms with van der Waals surface area (Å²) in [6.07, 6.45) is 7.39. The molecule has 0 unspecified atom stereocenters. The van der Waals surface area contributed by atoms with Crippen LogP contribution in [0, 0.1) is 5.92 Å². The molecule has 110 valence electrons. The highest BCUT2D eigenvalue weighted by Gasteiger charge is 2.43. The Bertz CT molecular complexity index is 612. The molecule has 1 aromatic heterocycles. The first-order valence-corrected chi connectivity index (χ1v) is 8.02. The maximum absolute atomic E-state index is 12.1. The van der Waals surface area contributed by atoms with Crippen LogP contribution in [0.1, 0.15) is 24.3 Å². The topological polar surface area (TPSA) is 46.9 Å². The number of halogens is 1. The SMILES string of the molecule is O=C(NCCCn1ccnc1)[C@@H]1C[C@@H]1c1cccc(Br)c1. The Morgan fingerprint density at radius 1 is 1.48 bits per heavy atom. The van der Waals surface area contributed by atoms with Gasteiger partial charge >= 0.3 is 0 Å². The van der Waals surface area contributed by atoms with Crippen molar-refractivity contribution in [1.29, 1.82) is 0 Å². The second kappa shape index (κ2) is 6.43. The van der Waals surface area contributed by atoms with E-state index >= 15 is 0 Å². The van der Waals surface area contributed by atoms with Crippen molar-refractivity contribution in [3.05, 3.63) is 53.0 Å². The summed E-state index contributed by atoms with van der Waals surface area (Å²) in [5.41, 5.74) is 1.25. The molecule has 1 saturated carbocycles. The monoisotopic (exact) mass is 347 g/mol. The molecule has 3 rings (SSSR count). The smallest absolute Gasteiger partial charge is 0.223 e. The summed E-state index contributed by atoms with van der Waals surface area (Å²) < 4.78 is 3.10. The average Bonchev–Trinajstić information content (AvgIpc) is 3.12. The van der Waals surface area contributed by atoms with Crippen molar-refractivity contribution in [2.45, 2.75) is 25.3 Å². The average molecular weight is 348 g/mol. The fourth-order valence-electron chi connectivity index (χ4n) is 2.61. The van der Waals surface area contributed by atoms with Crippen LogP contribution in [0.2, 0.25) is 0 Å². The predicted octanol–water partition coefficient (Wildman–Crippen LogP) is 2.96. The molecule has 1 aliphatic carbocycles. The number of carbonyl (C=O) groups excluding carboxylic acids is 1. The number of amides is 1. The molecule has 5 heteroatoms. The molecule has 2 aromatic rings. The third kappa shape index (κ3) is 3.73. The van der Waals surface area contributed by atoms with Gasteiger partial charge in [-0.15, -0.1) is 0 Å². The molecule has 4 nitrogen and oxygen atoms in total. The van der Waals surface area contributed by atoms with Crippen LogP contribution in [0.25, 0.3) is 0 Å². The van der Waals surface area contributed by atoms with Crippen LogP contribution in [0.4, 0.5) is 0 Å². The first-order chi connectivity index (χ1) is 10.2. The van der Waals surface area contributed by atoms with Crippen LogP contribution in [0.15, 0.2) is 47.5 Å². The van der Waals surface area contributed by atoms with Crippen LogP contribution >= 0.6 is 15.9 Å². The molecule has 1 aromatic carbocycles. The summed E-state index contributed by atoms with van der Waals surface area (Å²) in [7, 11) is 0. The third-order valence-corrected chi connectivity index (χ3v) is 4.35. The normalized spacial score (nSPS) is 20.2. The van der Waals surface area contributed by atoms with Crippen molar-refractivity contribution in [2.24, 2.45) is 5.92 Å². The largest absolute Gasteiger partial charge is 0.356 e. The van der Waals surface area contributed by atoms with E-state index < -0.39 is 0 Å². The summed E-state index contributed by atoms with van der Waals surface area (Å²) in [6, 6.07) is 8.24. The Morgan fingerprint density at radius 2 is 2.38 bits per heavy atom. The van der Waals surface area contributed by atoms with Gasteiger partial charge in [0, 0.05) is 35.9 Å². The minimum Gasteiger partial charge on any atom is -0.356 e. The fraction of sp³-hybridized carbons (Fsp3) is 0.375. The second-order valence-electron chi connectivity index (χ2n) is 5.45. The van der Waals surface area contributed by atoms with Crippen LogP contribution in [0.5, 0.6) is 0 Å². The Labute approximate surface area is 132 Å². The molecule has 0 saturated heterocycles. The van der Waals surface area contributed by atoms with E-state index in [9.17, 15) is 4.79 Å². The van der Waals surface area contributed by atoms with Crippen LogP contribution < -0.4 is 5.32 Å². The van der Waals surface area contributed by atoms with E-state index in [1.807, 2.05) is 22.9 Å². The Morgan fingerprint density at radius 3 is 3.14 bits per heavy atom. The van der Waals surface area contributed by atoms with Crippen LogP contribution in [0.3, 0.4) is 0 Å². The highest BCUT2D eigenvalue weighted by molar-refractivity contribution is 9.10. The maximum atomic E-state index is 12.1. The van der Waals surface area contributed by atoms with Crippen molar-refractivity contribution < 1.29 is 4.79 Å². The van der Waals surface area contributed by atoms with Crippen LogP contribution in [-0.4, -0.2) is 22.0 Å². The minimum absolute atomic E-state index is 0.146. The summed E-state index contributed by atoms with van der Waals surface area (Å²) >= 11 is 3.48. The quantitative estimate of drug-likeness (QED) is 0.816. The first kappa shape index (κ1) is 14.3. The minimum atomic E-state index is 0.146. The molecule has 0 radical (unpaired) electrons. The number of hydrogen-bond acceptors (Lipinski definition) is 2. The lowest BCUT2D eigenvalue weighted by Gasteiger charge is -2.06. The first-order valence-electron chi connectivity index (χ1n) is 7.23. The van der Waals surface area contributed by atoms with Crippen LogP contribution in [-0.2, 0) is 11.3 Å². The van der Waals surface area contributed by atoms with Gasteiger partial charge < -0.3 is 9.88 Å². The molecule has 1 aliphatic rings. The lowest BCUT2D eigenvalue weighted by Crippen LogP contribution is -2.27. The molecule has 0 aliphatic heterocycles. The van der Waals surface area contributed by atoms with Gasteiger partial charge in [0.05, 0.1) is 6.33 Å². The van der Waals surface area contributed by atoms with Gasteiger partial charge in [-0.25, -0.2) is 4.98 Å². The Hall–Kier alpha value is -1.62. The molecule has 21 heavy (non-hydrogen) atoms. The lowest BCUT2D eigenvalue weighted by atomic mass is 10.1. The molecule has 2 atom stereocenters. The number of aromatic nitrogens is 2. The number of nitrogens with zero attached hydrogens (tertiary/aromatic N) is 2. The number of aryl methyl sites for hydroxylation is 1. The second-order valence-corrected chi connectivity index (χ2v) is 6.36. The number of benzene rings is 1. The van der Waals surface area contributed by atoms with Crippen molar-refractivity contribution in [3.8, 4) is 0 Å². The van der Waals surface area contributed by atoms with Crippen molar-refractivity contribution in [2.75, 3.05) is 6.54 Å². The Kier molecular flexibility index (Phi) is 4.39. The molecule has 1 N–H and O–H groups in total. The highest BCUT2D eigenvalue weighted by Crippen LogP contribution is 2.47. The lowest BCUT2D eigenvalue weighted by molar-refractivity contribution is -0.122. The van der Waals surface area contributed by atoms with Gasteiger partial charge in [0.1, 0.15) is 0 Å². The molecule has 0 spiro atoms. The van der Waals surface area contributed by atoms with E-state index in [0.29, 0.717) is 5.92 Å². The van der Waals surface area contributed by atoms with Gasteiger partial charge in [0.15, 0.2) is 0 Å². The van der Waals surface area contributed by atoms with Gasteiger partial charge in [-0.3, -0.25) is 4.79 Å². The van der Waals surface area contributed by atoms with Gasteiger partial charge in [0.2, 0.25) is 5.91 Å². The van der Waals surface area contributed by atoms with E-state index in [0.717, 1.165) is 30.4 Å². The molecule has 0 bridgehead atoms. The number of rotatable bonds is 6. The molecular formula is C16H18BrN3O. The summed E-state index contributed by atoms with van der Waals surface area (Å²) in [5, 5.41) is 3.04. The maximum Gasteiger partial charge on any atom is 0.223 e. The van der Waals surface area contributed by atoms with Crippen molar-refractivity contribution >= 4 is 21.8 Å². The zero-order valence-electron chi connectivity index (χ0n) is 11.7. The number of nitrogens with one attached hydrogen (secondary N) is 1. The van der Waals surface area contributed by atoms with Gasteiger partial charge in [-0.1, -0.05) is 28.1 Å². The summed E-state index contributed by atoms with van der Waals surface area (Å²) in [6.45, 7) is 1.61. The number of hydrogen-bond donors (Lipinski definition) is 1. The fourth-order valence-corrected chi connectivity index (χ4v) is 3.03. The number of imidazole rings is 1. The third-order valence-electron chi connectivity index (χ3n) is 3.86. The standard InChI is InChI=1S/C16H18BrN3O/c17-13-4-1-3-12(9-13)14-10-15(14)16(21)19-5-2-7-20-8-6-18-11-20/h1,3-4,6,8-9,11,14-15H,2,5,7,10H2,(H,19,21)/t14-,15-/m1/s1. The van der Waals surface area contributed by atoms with E-state index in [2.05, 4.69) is 38.4 Å². The van der Waals surface area contributed by atoms with Gasteiger partial charge in [0.25, 0.3) is 0 Å². The highest BCUT2D eigenvalue weighted by atomic mass is 79.9. The molecule has 1 heterocycles. The van der Waals surface area contributed by atoms with E-state index in [1.165, 1.54) is 5.56 Å². The summed E-state index contributed by atoms with van der Waals surface area (Å²) in [5.74, 6) is 0.717. The van der Waals surface area contributed by atoms with Crippen molar-refractivity contribution in [3.63, 3.8) is 0 Å².